The Morgan fingerprint density at radius 2 is 1.16 bits per heavy atom. The molecule has 206 valence electrons. The molecule has 0 amide bonds. The zero-order valence-corrected chi connectivity index (χ0v) is 26.5. The quantitative estimate of drug-likeness (QED) is 0.135. The average Bonchev–Trinajstić information content (AvgIpc) is 3.73. The molecule has 1 aliphatic rings. The fraction of sp³-hybridized carbons (Fsp3) is 0.543. The van der Waals surface area contributed by atoms with E-state index < -0.39 is 0 Å². The van der Waals surface area contributed by atoms with Gasteiger partial charge in [-0.1, -0.05) is 96.8 Å². The van der Waals surface area contributed by atoms with Crippen LogP contribution in [0.2, 0.25) is 0 Å². The number of unbranched alkanes of at least 4 members (excludes halogenated alkanes) is 9. The predicted molar refractivity (Wildman–Crippen MR) is 176 cm³/mol. The van der Waals surface area contributed by atoms with Gasteiger partial charge in [-0.2, -0.15) is 0 Å². The van der Waals surface area contributed by atoms with Crippen LogP contribution in [0.5, 0.6) is 0 Å². The third kappa shape index (κ3) is 8.29. The largest absolute Gasteiger partial charge is 0.139 e. The van der Waals surface area contributed by atoms with Crippen molar-refractivity contribution >= 4 is 39.6 Å². The Labute approximate surface area is 244 Å². The van der Waals surface area contributed by atoms with Crippen LogP contribution in [0.1, 0.15) is 125 Å². The summed E-state index contributed by atoms with van der Waals surface area (Å²) >= 11 is 6.16. The fourth-order valence-corrected chi connectivity index (χ4v) is 9.20. The first kappa shape index (κ1) is 29.6. The van der Waals surface area contributed by atoms with Crippen molar-refractivity contribution in [1.29, 1.82) is 0 Å². The van der Waals surface area contributed by atoms with Gasteiger partial charge in [-0.3, -0.25) is 0 Å². The lowest BCUT2D eigenvalue weighted by Crippen LogP contribution is -1.86. The maximum Gasteiger partial charge on any atom is 0.0481 e. The van der Waals surface area contributed by atoms with E-state index in [-0.39, 0.29) is 0 Å². The van der Waals surface area contributed by atoms with Crippen molar-refractivity contribution in [3.05, 3.63) is 63.4 Å². The van der Waals surface area contributed by atoms with Crippen LogP contribution in [-0.2, 0) is 19.3 Å². The van der Waals surface area contributed by atoms with E-state index in [0.717, 1.165) is 6.42 Å². The normalized spacial score (nSPS) is 13.1. The number of rotatable bonds is 18. The van der Waals surface area contributed by atoms with Crippen LogP contribution in [0.4, 0.5) is 0 Å². The van der Waals surface area contributed by atoms with Gasteiger partial charge in [0.1, 0.15) is 0 Å². The highest BCUT2D eigenvalue weighted by molar-refractivity contribution is 7.26. The highest BCUT2D eigenvalue weighted by atomic mass is 32.1. The third-order valence-corrected chi connectivity index (χ3v) is 11.6. The van der Waals surface area contributed by atoms with Gasteiger partial charge in [0.05, 0.1) is 0 Å². The van der Waals surface area contributed by atoms with Crippen LogP contribution < -0.4 is 0 Å². The van der Waals surface area contributed by atoms with Gasteiger partial charge in [0.25, 0.3) is 0 Å². The second-order valence-electron chi connectivity index (χ2n) is 11.0. The van der Waals surface area contributed by atoms with Crippen molar-refractivity contribution in [1.82, 2.24) is 0 Å². The minimum atomic E-state index is 1.09. The molecule has 0 N–H and O–H groups in total. The number of thiophene rings is 3. The molecule has 0 spiro atoms. The van der Waals surface area contributed by atoms with Crippen molar-refractivity contribution < 1.29 is 0 Å². The molecule has 3 aromatic rings. The maximum atomic E-state index is 2.57. The second-order valence-corrected chi connectivity index (χ2v) is 14.2. The summed E-state index contributed by atoms with van der Waals surface area (Å²) in [6.45, 7) is 6.92. The van der Waals surface area contributed by atoms with E-state index in [1.807, 2.05) is 22.7 Å². The summed E-state index contributed by atoms with van der Waals surface area (Å²) in [5.41, 5.74) is 4.68. The van der Waals surface area contributed by atoms with Gasteiger partial charge in [-0.05, 0) is 85.9 Å². The smallest absolute Gasteiger partial charge is 0.0481 e. The minimum Gasteiger partial charge on any atom is -0.139 e. The molecular weight excluding hydrogens is 517 g/mol. The second kappa shape index (κ2) is 16.0. The fourth-order valence-electron chi connectivity index (χ4n) is 5.41. The highest BCUT2D eigenvalue weighted by Gasteiger charge is 2.18. The van der Waals surface area contributed by atoms with Crippen molar-refractivity contribution in [3.63, 3.8) is 0 Å². The molecule has 3 heteroatoms. The Bertz CT molecular complexity index is 1170. The summed E-state index contributed by atoms with van der Waals surface area (Å²) in [5, 5.41) is 0. The molecule has 0 unspecified atom stereocenters. The van der Waals surface area contributed by atoms with E-state index in [1.54, 1.807) is 20.9 Å². The van der Waals surface area contributed by atoms with Crippen LogP contribution in [0.3, 0.4) is 0 Å². The average molecular weight is 565 g/mol. The van der Waals surface area contributed by atoms with Crippen molar-refractivity contribution in [3.8, 4) is 19.5 Å². The molecule has 0 aromatic carbocycles. The molecule has 0 aliphatic heterocycles. The topological polar surface area (TPSA) is 0 Å². The van der Waals surface area contributed by atoms with Gasteiger partial charge in [-0.25, -0.2) is 0 Å². The molecule has 3 heterocycles. The van der Waals surface area contributed by atoms with E-state index in [1.165, 1.54) is 121 Å². The molecule has 0 radical (unpaired) electrons. The van der Waals surface area contributed by atoms with E-state index in [2.05, 4.69) is 74.6 Å². The lowest BCUT2D eigenvalue weighted by atomic mass is 10.0. The molecule has 38 heavy (non-hydrogen) atoms. The van der Waals surface area contributed by atoms with Crippen molar-refractivity contribution in [2.75, 3.05) is 0 Å². The van der Waals surface area contributed by atoms with Crippen molar-refractivity contribution in [2.45, 2.75) is 124 Å². The molecular formula is C35H48S3. The van der Waals surface area contributed by atoms with Gasteiger partial charge >= 0.3 is 0 Å². The Balaban J connectivity index is 1.57. The molecule has 0 fully saturated rings. The zero-order chi connectivity index (χ0) is 26.6. The summed E-state index contributed by atoms with van der Waals surface area (Å²) in [7, 11) is 0. The summed E-state index contributed by atoms with van der Waals surface area (Å²) in [4.78, 5) is 9.14. The first-order valence-corrected chi connectivity index (χ1v) is 17.9. The Morgan fingerprint density at radius 3 is 1.74 bits per heavy atom. The third-order valence-electron chi connectivity index (χ3n) is 7.69. The van der Waals surface area contributed by atoms with Crippen LogP contribution >= 0.6 is 34.0 Å². The molecule has 3 aromatic heterocycles. The van der Waals surface area contributed by atoms with Crippen molar-refractivity contribution in [2.24, 2.45) is 0 Å². The van der Waals surface area contributed by atoms with Crippen LogP contribution in [0.25, 0.3) is 25.1 Å². The zero-order valence-electron chi connectivity index (χ0n) is 24.1. The van der Waals surface area contributed by atoms with Crippen LogP contribution in [0, 0.1) is 0 Å². The first-order chi connectivity index (χ1) is 18.7. The number of hydrogen-bond donors (Lipinski definition) is 0. The molecule has 0 bridgehead atoms. The minimum absolute atomic E-state index is 1.09. The molecule has 0 nitrogen and oxygen atoms in total. The molecule has 4 rings (SSSR count). The summed E-state index contributed by atoms with van der Waals surface area (Å²) in [6, 6.07) is 9.94. The number of aryl methyl sites for hydroxylation is 3. The lowest BCUT2D eigenvalue weighted by molar-refractivity contribution is 0.665. The van der Waals surface area contributed by atoms with Gasteiger partial charge in [0.2, 0.25) is 0 Å². The predicted octanol–water partition coefficient (Wildman–Crippen LogP) is 12.9. The standard InChI is InChI=1S/C35H48S3/c1-4-7-10-13-20-28-25-30(22-15-12-9-6-3)36-34(28)31-23-24-32(37-31)35-29(21-14-11-8-5-2)26-33(38-35)27-18-16-17-19-27/h16-18,23-26H,4-15,19-22H2,1-3H3. The Hall–Kier alpha value is -1.42. The lowest BCUT2D eigenvalue weighted by Gasteiger charge is -2.03. The summed E-state index contributed by atoms with van der Waals surface area (Å²) in [6.07, 6.45) is 27.7. The van der Waals surface area contributed by atoms with E-state index >= 15 is 0 Å². The molecule has 0 saturated heterocycles. The first-order valence-electron chi connectivity index (χ1n) is 15.4. The molecule has 0 atom stereocenters. The maximum absolute atomic E-state index is 2.57. The SMILES string of the molecule is CCCCCCc1cc(CCCCCC)c(-c2ccc(-c3sc(C4=CC=CC4)cc3CCCCCC)s2)s1. The van der Waals surface area contributed by atoms with Gasteiger partial charge in [0, 0.05) is 29.3 Å². The van der Waals surface area contributed by atoms with Crippen LogP contribution in [-0.4, -0.2) is 0 Å². The summed E-state index contributed by atoms with van der Waals surface area (Å²) in [5.74, 6) is 0. The van der Waals surface area contributed by atoms with E-state index in [0.29, 0.717) is 0 Å². The van der Waals surface area contributed by atoms with Gasteiger partial charge in [-0.15, -0.1) is 34.0 Å². The van der Waals surface area contributed by atoms with E-state index in [9.17, 15) is 0 Å². The Morgan fingerprint density at radius 1 is 0.579 bits per heavy atom. The Kier molecular flexibility index (Phi) is 12.4. The summed E-state index contributed by atoms with van der Waals surface area (Å²) < 4.78 is 0. The molecule has 1 aliphatic carbocycles. The monoisotopic (exact) mass is 564 g/mol. The highest BCUT2D eigenvalue weighted by Crippen LogP contribution is 2.45. The number of allylic oxidation sites excluding steroid dienone is 4. The molecule has 0 saturated carbocycles. The van der Waals surface area contributed by atoms with Gasteiger partial charge < -0.3 is 0 Å². The van der Waals surface area contributed by atoms with Crippen LogP contribution in [0.15, 0.2) is 42.5 Å². The van der Waals surface area contributed by atoms with Gasteiger partial charge in [0.15, 0.2) is 0 Å². The number of hydrogen-bond acceptors (Lipinski definition) is 3. The van der Waals surface area contributed by atoms with E-state index in [4.69, 9.17) is 0 Å².